The van der Waals surface area contributed by atoms with Gasteiger partial charge in [0.1, 0.15) is 0 Å². The summed E-state index contributed by atoms with van der Waals surface area (Å²) in [5.74, 6) is 12.5. The predicted molar refractivity (Wildman–Crippen MR) is 78.6 cm³/mol. The Hall–Kier alpha value is -0.240. The van der Waals surface area contributed by atoms with Crippen molar-refractivity contribution in [1.29, 1.82) is 0 Å². The van der Waals surface area contributed by atoms with E-state index in [4.69, 9.17) is 16.4 Å². The summed E-state index contributed by atoms with van der Waals surface area (Å²) in [5.41, 5.74) is 0.0721. The van der Waals surface area contributed by atoms with Crippen molar-refractivity contribution in [3.8, 4) is 0 Å². The molecule has 20 heavy (non-hydrogen) atoms. The molecule has 0 saturated carbocycles. The van der Waals surface area contributed by atoms with Crippen LogP contribution < -0.4 is 11.7 Å². The zero-order chi connectivity index (χ0) is 14.0. The van der Waals surface area contributed by atoms with Crippen LogP contribution in [0.5, 0.6) is 0 Å². The lowest BCUT2D eigenvalue weighted by molar-refractivity contribution is -0.138. The van der Waals surface area contributed by atoms with Gasteiger partial charge in [0.15, 0.2) is 0 Å². The summed E-state index contributed by atoms with van der Waals surface area (Å²) >= 11 is 0. The first-order valence-corrected chi connectivity index (χ1v) is 8.01. The van der Waals surface area contributed by atoms with E-state index in [0.717, 1.165) is 64.6 Å². The molecule has 0 atom stereocenters. The lowest BCUT2D eigenvalue weighted by atomic mass is 9.89. The fraction of sp³-hybridized carbons (Fsp3) is 1.00. The van der Waals surface area contributed by atoms with Gasteiger partial charge in [-0.05, 0) is 31.6 Å². The third kappa shape index (κ3) is 3.50. The first kappa shape index (κ1) is 14.7. The van der Waals surface area contributed by atoms with Crippen molar-refractivity contribution in [2.45, 2.75) is 31.3 Å². The molecule has 3 rings (SSSR count). The number of hydrazine groups is 2. The predicted octanol–water partition coefficient (Wildman–Crippen LogP) is -0.387. The smallest absolute Gasteiger partial charge is 0.0834 e. The molecule has 3 heterocycles. The molecule has 0 bridgehead atoms. The molecular weight excluding hydrogens is 254 g/mol. The highest BCUT2D eigenvalue weighted by Crippen LogP contribution is 2.30. The van der Waals surface area contributed by atoms with E-state index >= 15 is 0 Å². The average Bonchev–Trinajstić information content (AvgIpc) is 2.45. The van der Waals surface area contributed by atoms with Crippen molar-refractivity contribution in [3.63, 3.8) is 0 Å². The van der Waals surface area contributed by atoms with Crippen molar-refractivity contribution < 1.29 is 4.74 Å². The Bertz CT molecular complexity index is 311. The number of nitrogens with two attached hydrogens (primary N) is 2. The van der Waals surface area contributed by atoms with Gasteiger partial charge in [0, 0.05) is 45.8 Å². The molecule has 0 unspecified atom stereocenters. The fourth-order valence-corrected chi connectivity index (χ4v) is 3.81. The quantitative estimate of drug-likeness (QED) is 0.673. The van der Waals surface area contributed by atoms with Gasteiger partial charge in [0.25, 0.3) is 0 Å². The third-order valence-corrected chi connectivity index (χ3v) is 5.20. The normalized spacial score (nSPS) is 30.9. The van der Waals surface area contributed by atoms with Gasteiger partial charge < -0.3 is 4.74 Å². The summed E-state index contributed by atoms with van der Waals surface area (Å²) in [6.45, 7) is 8.26. The summed E-state index contributed by atoms with van der Waals surface area (Å²) < 4.78 is 6.14. The van der Waals surface area contributed by atoms with Crippen molar-refractivity contribution in [1.82, 2.24) is 14.9 Å². The number of ether oxygens (including phenoxy) is 1. The van der Waals surface area contributed by atoms with Crippen LogP contribution in [0.4, 0.5) is 0 Å². The Labute approximate surface area is 121 Å². The molecule has 0 aliphatic carbocycles. The maximum atomic E-state index is 6.14. The zero-order valence-electron chi connectivity index (χ0n) is 12.5. The molecule has 3 aliphatic heterocycles. The summed E-state index contributed by atoms with van der Waals surface area (Å²) in [7, 11) is 0. The molecule has 3 fully saturated rings. The Balaban J connectivity index is 1.50. The molecule has 6 nitrogen and oxygen atoms in total. The van der Waals surface area contributed by atoms with Gasteiger partial charge in [-0.3, -0.25) is 16.6 Å². The number of rotatable bonds is 2. The van der Waals surface area contributed by atoms with Crippen molar-refractivity contribution in [3.05, 3.63) is 0 Å². The highest BCUT2D eigenvalue weighted by atomic mass is 16.5. The Morgan fingerprint density at radius 3 is 2.30 bits per heavy atom. The standard InChI is InChI=1S/C14H29N5O/c15-18-5-1-13(2-6-18)11-17-9-10-20-14(12-17)3-7-19(16)8-4-14/h13H,1-12,15-16H2. The van der Waals surface area contributed by atoms with Crippen LogP contribution in [-0.2, 0) is 4.74 Å². The monoisotopic (exact) mass is 283 g/mol. The maximum Gasteiger partial charge on any atom is 0.0834 e. The van der Waals surface area contributed by atoms with E-state index < -0.39 is 0 Å². The van der Waals surface area contributed by atoms with Crippen LogP contribution in [-0.4, -0.2) is 72.9 Å². The Morgan fingerprint density at radius 1 is 0.950 bits per heavy atom. The lowest BCUT2D eigenvalue weighted by Crippen LogP contribution is -2.58. The molecular formula is C14H29N5O. The van der Waals surface area contributed by atoms with E-state index in [-0.39, 0.29) is 5.60 Å². The first-order valence-electron chi connectivity index (χ1n) is 8.01. The third-order valence-electron chi connectivity index (χ3n) is 5.20. The molecule has 3 saturated heterocycles. The van der Waals surface area contributed by atoms with Crippen LogP contribution in [0.15, 0.2) is 0 Å². The number of piperidine rings is 2. The number of nitrogens with zero attached hydrogens (tertiary/aromatic N) is 3. The number of hydrogen-bond donors (Lipinski definition) is 2. The summed E-state index contributed by atoms with van der Waals surface area (Å²) in [6, 6.07) is 0. The molecule has 0 aromatic carbocycles. The van der Waals surface area contributed by atoms with Gasteiger partial charge in [-0.1, -0.05) is 0 Å². The average molecular weight is 283 g/mol. The molecule has 3 aliphatic rings. The lowest BCUT2D eigenvalue weighted by Gasteiger charge is -2.47. The van der Waals surface area contributed by atoms with Gasteiger partial charge in [0.05, 0.1) is 12.2 Å². The van der Waals surface area contributed by atoms with Gasteiger partial charge in [-0.25, -0.2) is 10.0 Å². The zero-order valence-corrected chi connectivity index (χ0v) is 12.5. The summed E-state index contributed by atoms with van der Waals surface area (Å²) in [6.07, 6.45) is 4.61. The molecule has 4 N–H and O–H groups in total. The van der Waals surface area contributed by atoms with Crippen molar-refractivity contribution in [2.24, 2.45) is 17.6 Å². The summed E-state index contributed by atoms with van der Waals surface area (Å²) in [5, 5.41) is 3.87. The minimum Gasteiger partial charge on any atom is -0.372 e. The molecule has 1 spiro atoms. The molecule has 0 amide bonds. The Kier molecular flexibility index (Phi) is 4.59. The fourth-order valence-electron chi connectivity index (χ4n) is 3.81. The van der Waals surface area contributed by atoms with Crippen LogP contribution in [0.3, 0.4) is 0 Å². The van der Waals surface area contributed by atoms with Gasteiger partial charge in [-0.2, -0.15) is 0 Å². The van der Waals surface area contributed by atoms with Crippen LogP contribution in [0.2, 0.25) is 0 Å². The summed E-state index contributed by atoms with van der Waals surface area (Å²) in [4.78, 5) is 2.62. The van der Waals surface area contributed by atoms with Gasteiger partial charge in [-0.15, -0.1) is 0 Å². The van der Waals surface area contributed by atoms with E-state index in [9.17, 15) is 0 Å². The highest BCUT2D eigenvalue weighted by Gasteiger charge is 2.39. The second kappa shape index (κ2) is 6.25. The van der Waals surface area contributed by atoms with E-state index in [1.54, 1.807) is 0 Å². The van der Waals surface area contributed by atoms with E-state index in [0.29, 0.717) is 0 Å². The molecule has 0 aromatic rings. The van der Waals surface area contributed by atoms with Gasteiger partial charge in [0.2, 0.25) is 0 Å². The van der Waals surface area contributed by atoms with Crippen LogP contribution in [0, 0.1) is 5.92 Å². The largest absolute Gasteiger partial charge is 0.372 e. The minimum atomic E-state index is 0.0721. The second-order valence-electron chi connectivity index (χ2n) is 6.78. The van der Waals surface area contributed by atoms with E-state index in [1.807, 2.05) is 10.0 Å². The minimum absolute atomic E-state index is 0.0721. The van der Waals surface area contributed by atoms with E-state index in [2.05, 4.69) is 4.90 Å². The topological polar surface area (TPSA) is 71.0 Å². The number of hydrogen-bond acceptors (Lipinski definition) is 6. The number of morpholine rings is 1. The molecule has 0 radical (unpaired) electrons. The highest BCUT2D eigenvalue weighted by molar-refractivity contribution is 4.92. The maximum absolute atomic E-state index is 6.14. The van der Waals surface area contributed by atoms with Crippen LogP contribution >= 0.6 is 0 Å². The van der Waals surface area contributed by atoms with Crippen LogP contribution in [0.1, 0.15) is 25.7 Å². The Morgan fingerprint density at radius 2 is 1.60 bits per heavy atom. The van der Waals surface area contributed by atoms with Crippen molar-refractivity contribution in [2.75, 3.05) is 52.4 Å². The van der Waals surface area contributed by atoms with Crippen LogP contribution in [0.25, 0.3) is 0 Å². The SMILES string of the molecule is NN1CCC(CN2CCOC3(CCN(N)CC3)C2)CC1. The van der Waals surface area contributed by atoms with Crippen molar-refractivity contribution >= 4 is 0 Å². The molecule has 6 heteroatoms. The first-order chi connectivity index (χ1) is 9.65. The molecule has 0 aromatic heterocycles. The van der Waals surface area contributed by atoms with Gasteiger partial charge >= 0.3 is 0 Å². The van der Waals surface area contributed by atoms with E-state index in [1.165, 1.54) is 19.4 Å². The molecule has 116 valence electrons. The second-order valence-corrected chi connectivity index (χ2v) is 6.78.